The number of rotatable bonds is 10. The number of morpholine rings is 1. The second-order valence-electron chi connectivity index (χ2n) is 14.1. The highest BCUT2D eigenvalue weighted by Crippen LogP contribution is 2.41. The molecule has 2 aromatic carbocycles. The molecule has 0 amide bonds. The van der Waals surface area contributed by atoms with E-state index in [1.807, 2.05) is 0 Å². The molecule has 1 atom stereocenters. The molecule has 1 aliphatic carbocycles. The molecule has 7 rings (SSSR count). The van der Waals surface area contributed by atoms with Gasteiger partial charge in [0.2, 0.25) is 15.9 Å². The zero-order valence-electron chi connectivity index (χ0n) is 29.6. The van der Waals surface area contributed by atoms with E-state index in [9.17, 15) is 30.8 Å². The van der Waals surface area contributed by atoms with Gasteiger partial charge in [-0.15, -0.1) is 0 Å². The maximum atomic E-state index is 14.9. The molecule has 54 heavy (non-hydrogen) atoms. The van der Waals surface area contributed by atoms with Crippen LogP contribution in [0.25, 0.3) is 27.6 Å². The Morgan fingerprint density at radius 3 is 2.39 bits per heavy atom. The van der Waals surface area contributed by atoms with E-state index in [4.69, 9.17) is 32.0 Å². The van der Waals surface area contributed by atoms with Crippen molar-refractivity contribution in [2.45, 2.75) is 63.5 Å². The number of pyridine rings is 1. The first-order chi connectivity index (χ1) is 25.6. The average Bonchev–Trinajstić information content (AvgIpc) is 3.44. The molecular formula is C36H39ClF4N8O4S. The lowest BCUT2D eigenvalue weighted by Crippen LogP contribution is -2.38. The summed E-state index contributed by atoms with van der Waals surface area (Å²) >= 11 is 6.75. The second kappa shape index (κ2) is 14.8. The number of hydrogen-bond acceptors (Lipinski definition) is 9. The number of sulfonamides is 1. The summed E-state index contributed by atoms with van der Waals surface area (Å²) in [7, 11) is -3.83. The van der Waals surface area contributed by atoms with Gasteiger partial charge in [0.15, 0.2) is 11.5 Å². The molecule has 18 heteroatoms. The summed E-state index contributed by atoms with van der Waals surface area (Å²) in [6.45, 7) is 4.93. The molecule has 2 aliphatic rings. The first kappa shape index (κ1) is 38.1. The Hall–Kier alpha value is -4.16. The van der Waals surface area contributed by atoms with Gasteiger partial charge in [0.05, 0.1) is 59.1 Å². The van der Waals surface area contributed by atoms with Crippen molar-refractivity contribution in [2.75, 3.05) is 43.8 Å². The van der Waals surface area contributed by atoms with Crippen LogP contribution in [0.3, 0.4) is 0 Å². The van der Waals surface area contributed by atoms with E-state index in [2.05, 4.69) is 14.7 Å². The number of nitrogens with one attached hydrogen (secondary N) is 1. The van der Waals surface area contributed by atoms with Gasteiger partial charge >= 0.3 is 0 Å². The van der Waals surface area contributed by atoms with Crippen molar-refractivity contribution in [1.29, 1.82) is 0 Å². The standard InChI is InChI=1S/C36H39ClF4N8O4S/c1-20-15-27(22-5-7-36(40,41)8-6-22)43-32-29(20)35(50)49(34(44-32)26(42)18-21-16-23(38)19-24(39)17-21)28-4-3-25(37)30-31(28)48(45-33(30)46-54(2,51)52)10-9-47-11-13-53-14-12-47/h3-4,15-17,19,22,26H,5-14,18,42H2,1-2H3,(H,45,46)/t26-/m0/s1. The fourth-order valence-electron chi connectivity index (χ4n) is 7.41. The molecule has 1 aliphatic heterocycles. The first-order valence-electron chi connectivity index (χ1n) is 17.6. The number of benzene rings is 2. The number of nitrogens with two attached hydrogens (primary N) is 1. The smallest absolute Gasteiger partial charge is 0.268 e. The SMILES string of the molecule is Cc1cc(C2CCC(F)(F)CC2)nc2nc([C@@H](N)Cc3cc(F)cc(F)c3)n(-c3ccc(Cl)c4c(NS(C)(=O)=O)nn(CCN5CCOCC5)c34)c(=O)c12. The summed E-state index contributed by atoms with van der Waals surface area (Å²) in [4.78, 5) is 26.6. The first-order valence-corrected chi connectivity index (χ1v) is 19.8. The lowest BCUT2D eigenvalue weighted by molar-refractivity contribution is -0.0384. The van der Waals surface area contributed by atoms with Crippen molar-refractivity contribution in [3.8, 4) is 5.69 Å². The molecule has 2 fully saturated rings. The lowest BCUT2D eigenvalue weighted by Gasteiger charge is -2.28. The van der Waals surface area contributed by atoms with Gasteiger partial charge in [-0.1, -0.05) is 11.6 Å². The lowest BCUT2D eigenvalue weighted by atomic mass is 9.84. The Morgan fingerprint density at radius 2 is 1.72 bits per heavy atom. The summed E-state index contributed by atoms with van der Waals surface area (Å²) < 4.78 is 92.5. The van der Waals surface area contributed by atoms with Gasteiger partial charge in [-0.25, -0.2) is 35.9 Å². The number of ether oxygens (including phenoxy) is 1. The van der Waals surface area contributed by atoms with Crippen LogP contribution >= 0.6 is 11.6 Å². The molecule has 4 heterocycles. The van der Waals surface area contributed by atoms with Crippen LogP contribution in [0.15, 0.2) is 41.2 Å². The minimum atomic E-state index is -3.83. The molecule has 0 radical (unpaired) electrons. The number of hydrogen-bond donors (Lipinski definition) is 2. The van der Waals surface area contributed by atoms with E-state index < -0.39 is 39.2 Å². The van der Waals surface area contributed by atoms with E-state index in [0.717, 1.165) is 24.5 Å². The van der Waals surface area contributed by atoms with Gasteiger partial charge in [-0.2, -0.15) is 5.10 Å². The van der Waals surface area contributed by atoms with Crippen molar-refractivity contribution in [3.05, 3.63) is 86.1 Å². The van der Waals surface area contributed by atoms with Gasteiger partial charge in [0.25, 0.3) is 5.56 Å². The van der Waals surface area contributed by atoms with Crippen molar-refractivity contribution in [2.24, 2.45) is 5.73 Å². The van der Waals surface area contributed by atoms with E-state index in [1.165, 1.54) is 10.6 Å². The van der Waals surface area contributed by atoms with Crippen molar-refractivity contribution >= 4 is 49.4 Å². The minimum absolute atomic E-state index is 0.0152. The second-order valence-corrected chi connectivity index (χ2v) is 16.2. The molecule has 5 aromatic rings. The van der Waals surface area contributed by atoms with Crippen LogP contribution in [-0.2, 0) is 27.7 Å². The number of halogens is 5. The molecule has 0 spiro atoms. The summed E-state index contributed by atoms with van der Waals surface area (Å²) in [6, 6.07) is 6.67. The normalized spacial score (nSPS) is 17.7. The highest BCUT2D eigenvalue weighted by molar-refractivity contribution is 7.92. The topological polar surface area (TPSA) is 150 Å². The van der Waals surface area contributed by atoms with Crippen LogP contribution in [0.5, 0.6) is 0 Å². The molecule has 3 aromatic heterocycles. The number of nitrogens with zero attached hydrogens (tertiary/aromatic N) is 6. The number of anilines is 1. The number of aryl methyl sites for hydroxylation is 1. The van der Waals surface area contributed by atoms with Gasteiger partial charge in [0.1, 0.15) is 17.5 Å². The Labute approximate surface area is 313 Å². The summed E-state index contributed by atoms with van der Waals surface area (Å²) in [5, 5.41) is 5.14. The monoisotopic (exact) mass is 790 g/mol. The zero-order chi connectivity index (χ0) is 38.5. The van der Waals surface area contributed by atoms with Gasteiger partial charge in [0, 0.05) is 50.2 Å². The van der Waals surface area contributed by atoms with Gasteiger partial charge < -0.3 is 10.5 Å². The van der Waals surface area contributed by atoms with Gasteiger partial charge in [-0.3, -0.25) is 23.7 Å². The minimum Gasteiger partial charge on any atom is -0.379 e. The molecular weight excluding hydrogens is 752 g/mol. The van der Waals surface area contributed by atoms with Crippen LogP contribution in [-0.4, -0.2) is 82.7 Å². The Bertz CT molecular complexity index is 2390. The van der Waals surface area contributed by atoms with Crippen molar-refractivity contribution in [3.63, 3.8) is 0 Å². The number of fused-ring (bicyclic) bond motifs is 2. The average molecular weight is 791 g/mol. The fourth-order valence-corrected chi connectivity index (χ4v) is 8.15. The number of aromatic nitrogens is 5. The van der Waals surface area contributed by atoms with Gasteiger partial charge in [-0.05, 0) is 67.6 Å². The maximum absolute atomic E-state index is 14.9. The van der Waals surface area contributed by atoms with Crippen LogP contribution in [0.2, 0.25) is 5.02 Å². The molecule has 3 N–H and O–H groups in total. The van der Waals surface area contributed by atoms with Crippen molar-refractivity contribution in [1.82, 2.24) is 29.2 Å². The Morgan fingerprint density at radius 1 is 1.04 bits per heavy atom. The Balaban J connectivity index is 1.45. The largest absolute Gasteiger partial charge is 0.379 e. The maximum Gasteiger partial charge on any atom is 0.268 e. The molecule has 0 bridgehead atoms. The summed E-state index contributed by atoms with van der Waals surface area (Å²) in [6.07, 6.45) is 0.690. The van der Waals surface area contributed by atoms with Crippen LogP contribution in [0.1, 0.15) is 60.3 Å². The third-order valence-corrected chi connectivity index (χ3v) is 10.9. The molecule has 0 unspecified atom stereocenters. The molecule has 288 valence electrons. The van der Waals surface area contributed by atoms with E-state index in [0.29, 0.717) is 49.6 Å². The predicted molar refractivity (Wildman–Crippen MR) is 197 cm³/mol. The molecule has 1 saturated carbocycles. The third-order valence-electron chi connectivity index (χ3n) is 10.0. The number of alkyl halides is 2. The third kappa shape index (κ3) is 7.96. The van der Waals surface area contributed by atoms with E-state index in [-0.39, 0.29) is 88.9 Å². The zero-order valence-corrected chi connectivity index (χ0v) is 31.2. The predicted octanol–water partition coefficient (Wildman–Crippen LogP) is 5.61. The van der Waals surface area contributed by atoms with E-state index in [1.54, 1.807) is 23.7 Å². The highest BCUT2D eigenvalue weighted by Gasteiger charge is 2.36. The fraction of sp³-hybridized carbons (Fsp3) is 0.444. The van der Waals surface area contributed by atoms with Crippen LogP contribution in [0, 0.1) is 18.6 Å². The summed E-state index contributed by atoms with van der Waals surface area (Å²) in [5.41, 5.74) is 8.03. The highest BCUT2D eigenvalue weighted by atomic mass is 35.5. The summed E-state index contributed by atoms with van der Waals surface area (Å²) in [5.74, 6) is -4.71. The van der Waals surface area contributed by atoms with E-state index >= 15 is 0 Å². The van der Waals surface area contributed by atoms with Crippen molar-refractivity contribution < 1.29 is 30.7 Å². The Kier molecular flexibility index (Phi) is 10.5. The molecule has 1 saturated heterocycles. The quantitative estimate of drug-likeness (QED) is 0.172. The van der Waals surface area contributed by atoms with Crippen LogP contribution in [0.4, 0.5) is 23.4 Å². The van der Waals surface area contributed by atoms with Crippen LogP contribution < -0.4 is 16.0 Å². The molecule has 12 nitrogen and oxygen atoms in total.